The molecule has 0 radical (unpaired) electrons. The number of rotatable bonds is 3. The van der Waals surface area contributed by atoms with Gasteiger partial charge in [-0.05, 0) is 29.5 Å². The Hall–Kier alpha value is -1.63. The molecule has 0 saturated carbocycles. The molecule has 4 heterocycles. The Kier molecular flexibility index (Phi) is 3.50. The van der Waals surface area contributed by atoms with E-state index in [9.17, 15) is 0 Å². The van der Waals surface area contributed by atoms with E-state index < -0.39 is 0 Å². The smallest absolute Gasteiger partial charge is 0.188 e. The minimum absolute atomic E-state index is 0.715. The first-order valence-electron chi connectivity index (χ1n) is 6.88. The molecule has 0 spiro atoms. The normalized spacial score (nSPS) is 15.0. The number of nitrogens with zero attached hydrogens (tertiary/aromatic N) is 4. The van der Waals surface area contributed by atoms with Crippen LogP contribution in [0.1, 0.15) is 16.1 Å². The fraction of sp³-hybridized carbons (Fsp3) is 0.267. The van der Waals surface area contributed by atoms with Crippen molar-refractivity contribution in [2.45, 2.75) is 19.5 Å². The molecule has 0 fully saturated rings. The summed E-state index contributed by atoms with van der Waals surface area (Å²) in [7, 11) is 0. The van der Waals surface area contributed by atoms with Crippen LogP contribution in [-0.2, 0) is 19.5 Å². The molecule has 0 bridgehead atoms. The number of thiazole rings is 1. The van der Waals surface area contributed by atoms with E-state index in [0.717, 1.165) is 36.8 Å². The van der Waals surface area contributed by atoms with Crippen molar-refractivity contribution in [1.29, 1.82) is 0 Å². The minimum Gasteiger partial charge on any atom is -0.293 e. The van der Waals surface area contributed by atoms with Crippen LogP contribution in [0.5, 0.6) is 0 Å². The summed E-state index contributed by atoms with van der Waals surface area (Å²) in [6, 6.07) is 4.07. The summed E-state index contributed by atoms with van der Waals surface area (Å²) < 4.78 is 0. The Labute approximate surface area is 131 Å². The molecule has 0 atom stereocenters. The Balaban J connectivity index is 1.48. The van der Waals surface area contributed by atoms with Gasteiger partial charge in [0.05, 0.1) is 5.69 Å². The van der Waals surface area contributed by atoms with Gasteiger partial charge in [0, 0.05) is 42.3 Å². The van der Waals surface area contributed by atoms with Gasteiger partial charge in [0.15, 0.2) is 10.8 Å². The second-order valence-electron chi connectivity index (χ2n) is 5.05. The average Bonchev–Trinajstić information content (AvgIpc) is 3.17. The van der Waals surface area contributed by atoms with Gasteiger partial charge in [0.2, 0.25) is 0 Å². The van der Waals surface area contributed by atoms with Crippen LogP contribution in [0.4, 0.5) is 0 Å². The number of aromatic nitrogens is 3. The van der Waals surface area contributed by atoms with E-state index in [-0.39, 0.29) is 0 Å². The standard InChI is InChI=1S/C15H14N4S2/c1-4-16-14(17-5-1)15-18-12(10-21-15)9-19-6-2-13-11(8-19)3-7-20-13/h1,3-5,7,10H,2,6,8-9H2. The van der Waals surface area contributed by atoms with E-state index in [4.69, 9.17) is 0 Å². The maximum absolute atomic E-state index is 4.67. The van der Waals surface area contributed by atoms with Crippen molar-refractivity contribution in [3.63, 3.8) is 0 Å². The Morgan fingerprint density at radius 3 is 3.00 bits per heavy atom. The van der Waals surface area contributed by atoms with Gasteiger partial charge in [-0.2, -0.15) is 0 Å². The molecule has 1 aliphatic rings. The number of hydrogen-bond donors (Lipinski definition) is 0. The molecule has 6 heteroatoms. The topological polar surface area (TPSA) is 41.9 Å². The first-order valence-corrected chi connectivity index (χ1v) is 8.64. The molecule has 0 saturated heterocycles. The zero-order chi connectivity index (χ0) is 14.1. The van der Waals surface area contributed by atoms with E-state index >= 15 is 0 Å². The van der Waals surface area contributed by atoms with E-state index in [1.165, 1.54) is 5.56 Å². The van der Waals surface area contributed by atoms with Gasteiger partial charge < -0.3 is 0 Å². The fourth-order valence-corrected chi connectivity index (χ4v) is 4.21. The first-order chi connectivity index (χ1) is 10.4. The van der Waals surface area contributed by atoms with Gasteiger partial charge in [-0.3, -0.25) is 4.90 Å². The van der Waals surface area contributed by atoms with Crippen LogP contribution in [0, 0.1) is 0 Å². The van der Waals surface area contributed by atoms with E-state index in [1.807, 2.05) is 17.4 Å². The van der Waals surface area contributed by atoms with Crippen LogP contribution in [0.25, 0.3) is 10.8 Å². The van der Waals surface area contributed by atoms with Crippen molar-refractivity contribution in [3.8, 4) is 10.8 Å². The van der Waals surface area contributed by atoms with Gasteiger partial charge in [-0.1, -0.05) is 0 Å². The summed E-state index contributed by atoms with van der Waals surface area (Å²) in [6.45, 7) is 3.05. The summed E-state index contributed by atoms with van der Waals surface area (Å²) in [5.74, 6) is 0.715. The van der Waals surface area contributed by atoms with Crippen LogP contribution in [0.3, 0.4) is 0 Å². The molecule has 3 aromatic rings. The zero-order valence-electron chi connectivity index (χ0n) is 11.4. The van der Waals surface area contributed by atoms with E-state index in [0.29, 0.717) is 5.82 Å². The van der Waals surface area contributed by atoms with Crippen LogP contribution in [0.2, 0.25) is 0 Å². The molecule has 0 aliphatic carbocycles. The second kappa shape index (κ2) is 5.63. The highest BCUT2D eigenvalue weighted by Gasteiger charge is 2.18. The summed E-state index contributed by atoms with van der Waals surface area (Å²) in [6.07, 6.45) is 4.67. The van der Waals surface area contributed by atoms with Crippen molar-refractivity contribution >= 4 is 22.7 Å². The number of fused-ring (bicyclic) bond motifs is 1. The fourth-order valence-electron chi connectivity index (χ4n) is 2.56. The van der Waals surface area contributed by atoms with Crippen LogP contribution < -0.4 is 0 Å². The monoisotopic (exact) mass is 314 g/mol. The molecule has 0 N–H and O–H groups in total. The molecule has 21 heavy (non-hydrogen) atoms. The van der Waals surface area contributed by atoms with Crippen molar-refractivity contribution in [2.24, 2.45) is 0 Å². The van der Waals surface area contributed by atoms with Crippen molar-refractivity contribution in [2.75, 3.05) is 6.54 Å². The highest BCUT2D eigenvalue weighted by atomic mass is 32.1. The molecule has 0 amide bonds. The van der Waals surface area contributed by atoms with Crippen LogP contribution >= 0.6 is 22.7 Å². The summed E-state index contributed by atoms with van der Waals surface area (Å²) in [5.41, 5.74) is 2.59. The van der Waals surface area contributed by atoms with Crippen LogP contribution in [0.15, 0.2) is 35.3 Å². The molecule has 106 valence electrons. The average molecular weight is 314 g/mol. The van der Waals surface area contributed by atoms with Gasteiger partial charge in [-0.15, -0.1) is 22.7 Å². The summed E-state index contributed by atoms with van der Waals surface area (Å²) in [4.78, 5) is 17.2. The number of thiophene rings is 1. The van der Waals surface area contributed by atoms with Gasteiger partial charge in [0.1, 0.15) is 0 Å². The third kappa shape index (κ3) is 2.74. The van der Waals surface area contributed by atoms with E-state index in [1.54, 1.807) is 28.6 Å². The molecular weight excluding hydrogens is 300 g/mol. The zero-order valence-corrected chi connectivity index (χ0v) is 13.0. The first kappa shape index (κ1) is 13.1. The highest BCUT2D eigenvalue weighted by Crippen LogP contribution is 2.26. The van der Waals surface area contributed by atoms with Crippen molar-refractivity contribution in [3.05, 3.63) is 51.4 Å². The van der Waals surface area contributed by atoms with Gasteiger partial charge >= 0.3 is 0 Å². The predicted octanol–water partition coefficient (Wildman–Crippen LogP) is 3.22. The Morgan fingerprint density at radius 2 is 2.10 bits per heavy atom. The second-order valence-corrected chi connectivity index (χ2v) is 6.90. The lowest BCUT2D eigenvalue weighted by Gasteiger charge is -2.25. The maximum atomic E-state index is 4.67. The largest absolute Gasteiger partial charge is 0.293 e. The quantitative estimate of drug-likeness (QED) is 0.744. The van der Waals surface area contributed by atoms with Crippen molar-refractivity contribution in [1.82, 2.24) is 19.9 Å². The van der Waals surface area contributed by atoms with Gasteiger partial charge in [0.25, 0.3) is 0 Å². The SMILES string of the molecule is c1cnc(-c2nc(CN3CCc4sccc4C3)cs2)nc1. The minimum atomic E-state index is 0.715. The maximum Gasteiger partial charge on any atom is 0.188 e. The molecule has 1 aliphatic heterocycles. The summed E-state index contributed by atoms with van der Waals surface area (Å²) in [5, 5.41) is 5.22. The molecule has 0 aromatic carbocycles. The highest BCUT2D eigenvalue weighted by molar-refractivity contribution is 7.13. The molecule has 4 nitrogen and oxygen atoms in total. The summed E-state index contributed by atoms with van der Waals surface area (Å²) >= 11 is 3.50. The Morgan fingerprint density at radius 1 is 1.19 bits per heavy atom. The molecule has 4 rings (SSSR count). The Bertz CT molecular complexity index is 735. The van der Waals surface area contributed by atoms with Crippen molar-refractivity contribution < 1.29 is 0 Å². The molecule has 3 aromatic heterocycles. The van der Waals surface area contributed by atoms with E-state index in [2.05, 4.69) is 36.7 Å². The number of hydrogen-bond acceptors (Lipinski definition) is 6. The lowest BCUT2D eigenvalue weighted by atomic mass is 10.1. The third-order valence-corrected chi connectivity index (χ3v) is 5.49. The predicted molar refractivity (Wildman–Crippen MR) is 85.3 cm³/mol. The third-order valence-electron chi connectivity index (χ3n) is 3.58. The van der Waals surface area contributed by atoms with Crippen LogP contribution in [-0.4, -0.2) is 26.4 Å². The molecular formula is C15H14N4S2. The molecule has 0 unspecified atom stereocenters. The van der Waals surface area contributed by atoms with Gasteiger partial charge in [-0.25, -0.2) is 15.0 Å². The lowest BCUT2D eigenvalue weighted by molar-refractivity contribution is 0.245. The lowest BCUT2D eigenvalue weighted by Crippen LogP contribution is -2.29.